The lowest BCUT2D eigenvalue weighted by Gasteiger charge is -2.37. The number of ether oxygens (including phenoxy) is 1. The first-order chi connectivity index (χ1) is 16.1. The van der Waals surface area contributed by atoms with Crippen molar-refractivity contribution in [2.24, 2.45) is 5.92 Å². The van der Waals surface area contributed by atoms with Gasteiger partial charge in [-0.1, -0.05) is 18.2 Å². The molecule has 1 fully saturated rings. The SMILES string of the molecule is O=C(c1cccs1)N(CC(=O)N1CCc2sccc2[C@@H]1COc1ccccc1F)CC1CC1. The molecule has 172 valence electrons. The molecule has 5 rings (SSSR count). The molecule has 3 heterocycles. The summed E-state index contributed by atoms with van der Waals surface area (Å²) in [6, 6.07) is 11.7. The lowest BCUT2D eigenvalue weighted by molar-refractivity contribution is -0.135. The molecule has 1 atom stereocenters. The Bertz CT molecular complexity index is 1130. The van der Waals surface area contributed by atoms with E-state index in [1.807, 2.05) is 22.9 Å². The summed E-state index contributed by atoms with van der Waals surface area (Å²) >= 11 is 3.07. The number of amides is 2. The highest BCUT2D eigenvalue weighted by Gasteiger charge is 2.35. The Morgan fingerprint density at radius 2 is 1.94 bits per heavy atom. The van der Waals surface area contributed by atoms with Gasteiger partial charge in [0.2, 0.25) is 5.91 Å². The van der Waals surface area contributed by atoms with E-state index >= 15 is 0 Å². The number of carbonyl (C=O) groups excluding carboxylic acids is 2. The highest BCUT2D eigenvalue weighted by atomic mass is 32.1. The zero-order valence-corrected chi connectivity index (χ0v) is 19.7. The van der Waals surface area contributed by atoms with E-state index in [0.29, 0.717) is 23.9 Å². The fraction of sp³-hybridized carbons (Fsp3) is 0.360. The molecule has 0 N–H and O–H groups in total. The molecule has 33 heavy (non-hydrogen) atoms. The van der Waals surface area contributed by atoms with Gasteiger partial charge in [-0.2, -0.15) is 0 Å². The van der Waals surface area contributed by atoms with Crippen molar-refractivity contribution in [1.82, 2.24) is 9.80 Å². The quantitative estimate of drug-likeness (QED) is 0.452. The second-order valence-electron chi connectivity index (χ2n) is 8.50. The van der Waals surface area contributed by atoms with Crippen molar-refractivity contribution >= 4 is 34.5 Å². The number of hydrogen-bond donors (Lipinski definition) is 0. The predicted octanol–water partition coefficient (Wildman–Crippen LogP) is 5.01. The number of thiophene rings is 2. The molecule has 0 radical (unpaired) electrons. The minimum atomic E-state index is -0.422. The van der Waals surface area contributed by atoms with Crippen LogP contribution in [0.1, 0.15) is 39.0 Å². The third kappa shape index (κ3) is 4.96. The summed E-state index contributed by atoms with van der Waals surface area (Å²) < 4.78 is 19.9. The second kappa shape index (κ2) is 9.65. The molecule has 0 bridgehead atoms. The summed E-state index contributed by atoms with van der Waals surface area (Å²) in [4.78, 5) is 32.0. The summed E-state index contributed by atoms with van der Waals surface area (Å²) in [5.74, 6) is 0.0493. The van der Waals surface area contributed by atoms with Gasteiger partial charge in [0.1, 0.15) is 13.2 Å². The third-order valence-corrected chi connectivity index (χ3v) is 8.02. The fourth-order valence-corrected chi connectivity index (χ4v) is 5.87. The van der Waals surface area contributed by atoms with Crippen LogP contribution >= 0.6 is 22.7 Å². The molecule has 1 aliphatic heterocycles. The maximum Gasteiger partial charge on any atom is 0.264 e. The maximum absolute atomic E-state index is 14.1. The van der Waals surface area contributed by atoms with E-state index in [9.17, 15) is 14.0 Å². The topological polar surface area (TPSA) is 49.9 Å². The normalized spacial score (nSPS) is 17.5. The average Bonchev–Trinajstić information content (AvgIpc) is 3.26. The van der Waals surface area contributed by atoms with Crippen LogP contribution in [0.5, 0.6) is 5.75 Å². The Labute approximate surface area is 200 Å². The Morgan fingerprint density at radius 1 is 1.09 bits per heavy atom. The van der Waals surface area contributed by atoms with Gasteiger partial charge < -0.3 is 14.5 Å². The van der Waals surface area contributed by atoms with Crippen LogP contribution in [0, 0.1) is 11.7 Å². The standard InChI is InChI=1S/C25H25FN2O3S2/c26-19-4-1-2-5-21(19)31-16-20-18-10-13-33-22(18)9-11-28(20)24(29)15-27(14-17-7-8-17)25(30)23-6-3-12-32-23/h1-6,10,12-13,17,20H,7-9,11,14-16H2/t20-/m0/s1. The predicted molar refractivity (Wildman–Crippen MR) is 127 cm³/mol. The molecule has 0 unspecified atom stereocenters. The summed E-state index contributed by atoms with van der Waals surface area (Å²) in [5, 5.41) is 3.90. The van der Waals surface area contributed by atoms with Crippen molar-refractivity contribution < 1.29 is 18.7 Å². The first kappa shape index (κ1) is 22.1. The first-order valence-electron chi connectivity index (χ1n) is 11.2. The molecule has 0 saturated heterocycles. The molecule has 2 aliphatic rings. The Morgan fingerprint density at radius 3 is 2.70 bits per heavy atom. The van der Waals surface area contributed by atoms with E-state index in [1.54, 1.807) is 45.4 Å². The van der Waals surface area contributed by atoms with Crippen LogP contribution in [0.2, 0.25) is 0 Å². The Hall–Kier alpha value is -2.71. The van der Waals surface area contributed by atoms with Crippen molar-refractivity contribution in [1.29, 1.82) is 0 Å². The molecule has 0 spiro atoms. The van der Waals surface area contributed by atoms with Crippen LogP contribution in [0.3, 0.4) is 0 Å². The molecule has 5 nitrogen and oxygen atoms in total. The number of hydrogen-bond acceptors (Lipinski definition) is 5. The van der Waals surface area contributed by atoms with E-state index in [2.05, 4.69) is 0 Å². The molecular weight excluding hydrogens is 459 g/mol. The largest absolute Gasteiger partial charge is 0.488 e. The molecule has 2 aromatic heterocycles. The van der Waals surface area contributed by atoms with Crippen LogP contribution in [-0.4, -0.2) is 47.9 Å². The molecule has 2 amide bonds. The summed E-state index contributed by atoms with van der Waals surface area (Å²) in [5.41, 5.74) is 1.05. The van der Waals surface area contributed by atoms with Crippen molar-refractivity contribution in [2.45, 2.75) is 25.3 Å². The first-order valence-corrected chi connectivity index (χ1v) is 12.9. The number of nitrogens with zero attached hydrogens (tertiary/aromatic N) is 2. The zero-order chi connectivity index (χ0) is 22.8. The highest BCUT2D eigenvalue weighted by molar-refractivity contribution is 7.12. The number of halogens is 1. The molecule has 8 heteroatoms. The van der Waals surface area contributed by atoms with Crippen molar-refractivity contribution in [3.05, 3.63) is 74.4 Å². The van der Waals surface area contributed by atoms with E-state index in [1.165, 1.54) is 22.3 Å². The summed E-state index contributed by atoms with van der Waals surface area (Å²) in [6.07, 6.45) is 2.98. The van der Waals surface area contributed by atoms with Gasteiger partial charge in [-0.05, 0) is 65.8 Å². The average molecular weight is 485 g/mol. The number of para-hydroxylation sites is 1. The number of carbonyl (C=O) groups is 2. The maximum atomic E-state index is 14.1. The van der Waals surface area contributed by atoms with Gasteiger partial charge >= 0.3 is 0 Å². The number of rotatable bonds is 8. The zero-order valence-electron chi connectivity index (χ0n) is 18.1. The van der Waals surface area contributed by atoms with Crippen molar-refractivity contribution in [2.75, 3.05) is 26.2 Å². The van der Waals surface area contributed by atoms with Gasteiger partial charge in [0.15, 0.2) is 11.6 Å². The number of benzene rings is 1. The van der Waals surface area contributed by atoms with E-state index in [0.717, 1.165) is 24.8 Å². The monoisotopic (exact) mass is 484 g/mol. The van der Waals surface area contributed by atoms with Gasteiger partial charge in [-0.25, -0.2) is 4.39 Å². The fourth-order valence-electron chi connectivity index (χ4n) is 4.25. The molecular formula is C25H25FN2O3S2. The minimum absolute atomic E-state index is 0.0445. The van der Waals surface area contributed by atoms with E-state index in [4.69, 9.17) is 4.74 Å². The Kier molecular flexibility index (Phi) is 6.46. The van der Waals surface area contributed by atoms with Crippen molar-refractivity contribution in [3.8, 4) is 5.75 Å². The summed E-state index contributed by atoms with van der Waals surface area (Å²) in [7, 11) is 0. The van der Waals surface area contributed by atoms with Crippen LogP contribution < -0.4 is 4.74 Å². The van der Waals surface area contributed by atoms with Gasteiger partial charge in [0.25, 0.3) is 5.91 Å². The van der Waals surface area contributed by atoms with Gasteiger partial charge in [0, 0.05) is 18.0 Å². The Balaban J connectivity index is 1.34. The second-order valence-corrected chi connectivity index (χ2v) is 10.4. The lowest BCUT2D eigenvalue weighted by Crippen LogP contribution is -2.48. The molecule has 1 saturated carbocycles. The smallest absolute Gasteiger partial charge is 0.264 e. The van der Waals surface area contributed by atoms with E-state index in [-0.39, 0.29) is 36.8 Å². The third-order valence-electron chi connectivity index (χ3n) is 6.17. The van der Waals surface area contributed by atoms with Gasteiger partial charge in [0.05, 0.1) is 10.9 Å². The molecule has 1 aliphatic carbocycles. The minimum Gasteiger partial charge on any atom is -0.488 e. The van der Waals surface area contributed by atoms with Crippen molar-refractivity contribution in [3.63, 3.8) is 0 Å². The molecule has 3 aromatic rings. The van der Waals surface area contributed by atoms with Crippen LogP contribution in [0.4, 0.5) is 4.39 Å². The van der Waals surface area contributed by atoms with Crippen LogP contribution in [0.15, 0.2) is 53.2 Å². The van der Waals surface area contributed by atoms with Gasteiger partial charge in [-0.15, -0.1) is 22.7 Å². The van der Waals surface area contributed by atoms with Gasteiger partial charge in [-0.3, -0.25) is 9.59 Å². The van der Waals surface area contributed by atoms with Crippen LogP contribution in [0.25, 0.3) is 0 Å². The van der Waals surface area contributed by atoms with Crippen LogP contribution in [-0.2, 0) is 11.2 Å². The lowest BCUT2D eigenvalue weighted by atomic mass is 10.0. The molecule has 1 aromatic carbocycles. The summed E-state index contributed by atoms with van der Waals surface area (Å²) in [6.45, 7) is 1.37. The van der Waals surface area contributed by atoms with E-state index < -0.39 is 5.82 Å². The highest BCUT2D eigenvalue weighted by Crippen LogP contribution is 2.35. The number of fused-ring (bicyclic) bond motifs is 1.